The molecular weight excluding hydrogens is 336 g/mol. The molecule has 1 spiro atoms. The van der Waals surface area contributed by atoms with Crippen molar-refractivity contribution in [2.24, 2.45) is 11.3 Å². The Morgan fingerprint density at radius 3 is 2.59 bits per heavy atom. The smallest absolute Gasteiger partial charge is 0.307 e. The van der Waals surface area contributed by atoms with Crippen LogP contribution in [0.25, 0.3) is 0 Å². The molecule has 2 aliphatic carbocycles. The molecule has 0 saturated heterocycles. The summed E-state index contributed by atoms with van der Waals surface area (Å²) in [5, 5.41) is 0. The highest BCUT2D eigenvalue weighted by atomic mass is 16.5. The predicted octanol–water partition coefficient (Wildman–Crippen LogP) is 5.49. The maximum Gasteiger partial charge on any atom is 0.307 e. The topological polar surface area (TPSA) is 35.5 Å². The van der Waals surface area contributed by atoms with Crippen LogP contribution in [0.15, 0.2) is 24.3 Å². The normalized spacial score (nSPS) is 21.9. The first kappa shape index (κ1) is 19.8. The summed E-state index contributed by atoms with van der Waals surface area (Å²) >= 11 is 0. The Kier molecular flexibility index (Phi) is 6.83. The molecule has 0 N–H and O–H groups in total. The maximum atomic E-state index is 11.6. The van der Waals surface area contributed by atoms with Gasteiger partial charge in [0.05, 0.1) is 26.1 Å². The molecule has 2 atom stereocenters. The summed E-state index contributed by atoms with van der Waals surface area (Å²) in [6.45, 7) is 2.61. The highest BCUT2D eigenvalue weighted by Crippen LogP contribution is 2.51. The summed E-state index contributed by atoms with van der Waals surface area (Å²) in [5.74, 6) is 7.25. The summed E-state index contributed by atoms with van der Waals surface area (Å²) in [7, 11) is 1.41. The molecule has 0 radical (unpaired) electrons. The standard InChI is InChI=1S/C24H32O3/c1-3-7-21(16-23(25)26-2)20-8-10-22(11-9-20)27-18-19-12-15-24(17-19)13-5-4-6-14-24/h8-11,19,21H,4-6,12-18H2,1-2H3. The molecule has 0 aliphatic heterocycles. The van der Waals surface area contributed by atoms with Gasteiger partial charge in [0.2, 0.25) is 0 Å². The van der Waals surface area contributed by atoms with E-state index in [0.29, 0.717) is 11.3 Å². The number of hydrogen-bond donors (Lipinski definition) is 0. The molecule has 2 saturated carbocycles. The largest absolute Gasteiger partial charge is 0.493 e. The van der Waals surface area contributed by atoms with Gasteiger partial charge in [-0.2, -0.15) is 0 Å². The van der Waals surface area contributed by atoms with Crippen molar-refractivity contribution in [2.45, 2.75) is 70.6 Å². The van der Waals surface area contributed by atoms with E-state index in [-0.39, 0.29) is 18.3 Å². The van der Waals surface area contributed by atoms with Crippen molar-refractivity contribution in [1.82, 2.24) is 0 Å². The van der Waals surface area contributed by atoms with Crippen LogP contribution in [-0.4, -0.2) is 19.7 Å². The lowest BCUT2D eigenvalue weighted by Gasteiger charge is -2.33. The van der Waals surface area contributed by atoms with Gasteiger partial charge in [0.1, 0.15) is 5.75 Å². The van der Waals surface area contributed by atoms with Gasteiger partial charge in [0.15, 0.2) is 0 Å². The Morgan fingerprint density at radius 1 is 1.19 bits per heavy atom. The fourth-order valence-corrected chi connectivity index (χ4v) is 4.91. The lowest BCUT2D eigenvalue weighted by Crippen LogP contribution is -2.21. The summed E-state index contributed by atoms with van der Waals surface area (Å²) in [6, 6.07) is 8.04. The average Bonchev–Trinajstić information content (AvgIpc) is 3.09. The minimum Gasteiger partial charge on any atom is -0.493 e. The van der Waals surface area contributed by atoms with Gasteiger partial charge < -0.3 is 9.47 Å². The minimum absolute atomic E-state index is 0.127. The summed E-state index contributed by atoms with van der Waals surface area (Å²) < 4.78 is 10.9. The zero-order valence-electron chi connectivity index (χ0n) is 16.8. The van der Waals surface area contributed by atoms with Crippen LogP contribution in [0.3, 0.4) is 0 Å². The van der Waals surface area contributed by atoms with Crippen molar-refractivity contribution in [3.63, 3.8) is 0 Å². The third-order valence-corrected chi connectivity index (χ3v) is 6.40. The first-order valence-electron chi connectivity index (χ1n) is 10.4. The molecule has 3 nitrogen and oxygen atoms in total. The molecule has 0 amide bonds. The number of hydrogen-bond acceptors (Lipinski definition) is 3. The van der Waals surface area contributed by atoms with E-state index in [2.05, 4.69) is 11.8 Å². The first-order valence-corrected chi connectivity index (χ1v) is 10.4. The maximum absolute atomic E-state index is 11.6. The van der Waals surface area contributed by atoms with E-state index in [9.17, 15) is 4.79 Å². The Morgan fingerprint density at radius 2 is 1.93 bits per heavy atom. The van der Waals surface area contributed by atoms with E-state index in [0.717, 1.165) is 17.9 Å². The van der Waals surface area contributed by atoms with E-state index >= 15 is 0 Å². The second-order valence-electron chi connectivity index (χ2n) is 8.28. The third-order valence-electron chi connectivity index (χ3n) is 6.40. The van der Waals surface area contributed by atoms with E-state index in [1.54, 1.807) is 6.92 Å². The van der Waals surface area contributed by atoms with Crippen molar-refractivity contribution < 1.29 is 14.3 Å². The van der Waals surface area contributed by atoms with Crippen molar-refractivity contribution in [3.05, 3.63) is 29.8 Å². The zero-order valence-corrected chi connectivity index (χ0v) is 16.8. The van der Waals surface area contributed by atoms with E-state index in [1.165, 1.54) is 58.5 Å². The summed E-state index contributed by atoms with van der Waals surface area (Å²) in [5.41, 5.74) is 1.67. The predicted molar refractivity (Wildman–Crippen MR) is 108 cm³/mol. The molecule has 0 heterocycles. The van der Waals surface area contributed by atoms with Gasteiger partial charge in [-0.25, -0.2) is 0 Å². The first-order chi connectivity index (χ1) is 13.1. The molecule has 0 aromatic heterocycles. The molecule has 3 heteroatoms. The number of methoxy groups -OCH3 is 1. The number of carbonyl (C=O) groups excluding carboxylic acids is 1. The Labute approximate surface area is 163 Å². The molecule has 1 aromatic carbocycles. The van der Waals surface area contributed by atoms with Crippen LogP contribution in [0, 0.1) is 23.2 Å². The Hall–Kier alpha value is -1.95. The van der Waals surface area contributed by atoms with Crippen molar-refractivity contribution in [3.8, 4) is 17.6 Å². The van der Waals surface area contributed by atoms with Gasteiger partial charge in [-0.3, -0.25) is 4.79 Å². The van der Waals surface area contributed by atoms with Crippen LogP contribution < -0.4 is 4.74 Å². The quantitative estimate of drug-likeness (QED) is 0.492. The Bertz CT molecular complexity index is 674. The second-order valence-corrected chi connectivity index (χ2v) is 8.28. The number of rotatable bonds is 6. The van der Waals surface area contributed by atoms with Gasteiger partial charge in [-0.1, -0.05) is 37.3 Å². The second kappa shape index (κ2) is 9.31. The average molecular weight is 369 g/mol. The highest BCUT2D eigenvalue weighted by Gasteiger charge is 2.39. The van der Waals surface area contributed by atoms with Crippen LogP contribution >= 0.6 is 0 Å². The van der Waals surface area contributed by atoms with Crippen molar-refractivity contribution in [1.29, 1.82) is 0 Å². The van der Waals surface area contributed by atoms with Gasteiger partial charge >= 0.3 is 5.97 Å². The highest BCUT2D eigenvalue weighted by molar-refractivity contribution is 5.71. The Balaban J connectivity index is 1.53. The van der Waals surface area contributed by atoms with Crippen molar-refractivity contribution in [2.75, 3.05) is 13.7 Å². The monoisotopic (exact) mass is 368 g/mol. The third kappa shape index (κ3) is 5.28. The summed E-state index contributed by atoms with van der Waals surface area (Å²) in [6.07, 6.45) is 11.5. The van der Waals surface area contributed by atoms with Crippen LogP contribution in [-0.2, 0) is 9.53 Å². The molecular formula is C24H32O3. The van der Waals surface area contributed by atoms with Gasteiger partial charge in [0, 0.05) is 0 Å². The molecule has 0 bridgehead atoms. The molecule has 146 valence electrons. The van der Waals surface area contributed by atoms with Crippen LogP contribution in [0.5, 0.6) is 5.75 Å². The number of esters is 1. The number of benzene rings is 1. The number of ether oxygens (including phenoxy) is 2. The van der Waals surface area contributed by atoms with E-state index in [4.69, 9.17) is 9.47 Å². The van der Waals surface area contributed by atoms with Gasteiger partial charge in [-0.15, -0.1) is 5.92 Å². The fourth-order valence-electron chi connectivity index (χ4n) is 4.91. The zero-order chi connectivity index (χ0) is 19.1. The lowest BCUT2D eigenvalue weighted by atomic mass is 9.72. The van der Waals surface area contributed by atoms with Gasteiger partial charge in [-0.05, 0) is 68.1 Å². The molecule has 2 unspecified atom stereocenters. The molecule has 3 rings (SSSR count). The molecule has 2 aliphatic rings. The molecule has 2 fully saturated rings. The van der Waals surface area contributed by atoms with Crippen LogP contribution in [0.2, 0.25) is 0 Å². The SMILES string of the molecule is CC#CC(CC(=O)OC)c1ccc(OCC2CCC3(CCCCC3)C2)cc1. The fraction of sp³-hybridized carbons (Fsp3) is 0.625. The lowest BCUT2D eigenvalue weighted by molar-refractivity contribution is -0.140. The van der Waals surface area contributed by atoms with Gasteiger partial charge in [0.25, 0.3) is 0 Å². The molecule has 1 aromatic rings. The molecule has 27 heavy (non-hydrogen) atoms. The summed E-state index contributed by atoms with van der Waals surface area (Å²) in [4.78, 5) is 11.6. The van der Waals surface area contributed by atoms with Crippen molar-refractivity contribution >= 4 is 5.97 Å². The van der Waals surface area contributed by atoms with Crippen LogP contribution in [0.1, 0.15) is 76.2 Å². The number of carbonyl (C=O) groups is 1. The van der Waals surface area contributed by atoms with E-state index < -0.39 is 0 Å². The van der Waals surface area contributed by atoms with E-state index in [1.807, 2.05) is 24.3 Å². The van der Waals surface area contributed by atoms with Crippen LogP contribution in [0.4, 0.5) is 0 Å². The minimum atomic E-state index is -0.235.